The van der Waals surface area contributed by atoms with Gasteiger partial charge in [0.1, 0.15) is 11.6 Å². The molecule has 0 spiro atoms. The number of aliphatic carboxylic acids is 2. The van der Waals surface area contributed by atoms with Gasteiger partial charge in [-0.1, -0.05) is 27.7 Å². The van der Waals surface area contributed by atoms with Crippen LogP contribution in [0.3, 0.4) is 0 Å². The summed E-state index contributed by atoms with van der Waals surface area (Å²) in [5.41, 5.74) is -0.876. The lowest BCUT2D eigenvalue weighted by Gasteiger charge is -2.22. The lowest BCUT2D eigenvalue weighted by molar-refractivity contribution is -0.140. The summed E-state index contributed by atoms with van der Waals surface area (Å²) in [5.74, 6) is -1.84. The van der Waals surface area contributed by atoms with Crippen molar-refractivity contribution >= 4 is 23.5 Å². The average Bonchev–Trinajstić information content (AvgIpc) is 2.38. The number of carboxylic acids is 2. The molecule has 0 saturated carbocycles. The van der Waals surface area contributed by atoms with Gasteiger partial charge in [-0.25, -0.2) is 0 Å². The third-order valence-corrected chi connectivity index (χ3v) is 4.10. The Bertz CT molecular complexity index is 432. The van der Waals surface area contributed by atoms with Gasteiger partial charge < -0.3 is 10.2 Å². The maximum Gasteiger partial charge on any atom is 0.303 e. The molecule has 0 aliphatic rings. The average molecular weight is 342 g/mol. The molecule has 0 aliphatic carbocycles. The number of ketones is 2. The van der Waals surface area contributed by atoms with Crippen LogP contribution in [-0.4, -0.2) is 33.7 Å². The lowest BCUT2D eigenvalue weighted by atomic mass is 9.82. The Balaban J connectivity index is 4.08. The van der Waals surface area contributed by atoms with Gasteiger partial charge in [-0.05, 0) is 23.7 Å². The minimum atomic E-state index is -0.883. The first-order chi connectivity index (χ1) is 10.8. The second-order valence-corrected chi connectivity index (χ2v) is 8.05. The summed E-state index contributed by atoms with van der Waals surface area (Å²) in [7, 11) is 0. The first-order valence-corrected chi connectivity index (χ1v) is 8.30. The predicted octanol–water partition coefficient (Wildman–Crippen LogP) is 3.47. The number of carbonyl (C=O) groups is 4. The lowest BCUT2D eigenvalue weighted by Crippen LogP contribution is -2.19. The maximum absolute atomic E-state index is 11.8. The van der Waals surface area contributed by atoms with E-state index in [2.05, 4.69) is 0 Å². The van der Waals surface area contributed by atoms with Crippen molar-refractivity contribution in [1.82, 2.24) is 0 Å². The second-order valence-electron chi connectivity index (χ2n) is 8.05. The highest BCUT2D eigenvalue weighted by Crippen LogP contribution is 2.28. The topological polar surface area (TPSA) is 109 Å². The molecule has 0 fully saturated rings. The molecule has 0 aromatic heterocycles. The van der Waals surface area contributed by atoms with Crippen LogP contribution >= 0.6 is 0 Å². The minimum absolute atomic E-state index is 0.0118. The summed E-state index contributed by atoms with van der Waals surface area (Å²) >= 11 is 0. The highest BCUT2D eigenvalue weighted by molar-refractivity contribution is 5.86. The van der Waals surface area contributed by atoms with Gasteiger partial charge in [-0.3, -0.25) is 19.2 Å². The fourth-order valence-corrected chi connectivity index (χ4v) is 2.48. The van der Waals surface area contributed by atoms with E-state index in [9.17, 15) is 19.2 Å². The van der Waals surface area contributed by atoms with E-state index in [1.807, 2.05) is 27.7 Å². The fraction of sp³-hybridized carbons (Fsp3) is 0.778. The molecule has 2 N–H and O–H groups in total. The minimum Gasteiger partial charge on any atom is -0.481 e. The smallest absolute Gasteiger partial charge is 0.303 e. The van der Waals surface area contributed by atoms with Gasteiger partial charge >= 0.3 is 11.9 Å². The number of hydrogen-bond donors (Lipinski definition) is 2. The van der Waals surface area contributed by atoms with Gasteiger partial charge in [-0.2, -0.15) is 0 Å². The Morgan fingerprint density at radius 3 is 1.17 bits per heavy atom. The number of carbonyl (C=O) groups excluding carboxylic acids is 2. The van der Waals surface area contributed by atoms with E-state index < -0.39 is 22.8 Å². The molecule has 0 atom stereocenters. The van der Waals surface area contributed by atoms with Crippen LogP contribution in [0.15, 0.2) is 0 Å². The maximum atomic E-state index is 11.8. The Kier molecular flexibility index (Phi) is 8.86. The van der Waals surface area contributed by atoms with E-state index in [-0.39, 0.29) is 50.1 Å². The van der Waals surface area contributed by atoms with E-state index in [1.165, 1.54) is 0 Å². The largest absolute Gasteiger partial charge is 0.481 e. The molecule has 138 valence electrons. The van der Waals surface area contributed by atoms with Gasteiger partial charge in [0.15, 0.2) is 0 Å². The summed E-state index contributed by atoms with van der Waals surface area (Å²) in [5, 5.41) is 17.6. The van der Waals surface area contributed by atoms with Gasteiger partial charge in [0.05, 0.1) is 12.8 Å². The zero-order valence-corrected chi connectivity index (χ0v) is 15.2. The summed E-state index contributed by atoms with van der Waals surface area (Å²) in [4.78, 5) is 45.2. The Hall–Kier alpha value is -1.72. The van der Waals surface area contributed by atoms with E-state index in [1.54, 1.807) is 0 Å². The summed E-state index contributed by atoms with van der Waals surface area (Å²) in [6.45, 7) is 7.24. The molecule has 0 saturated heterocycles. The zero-order chi connectivity index (χ0) is 19.0. The molecule has 24 heavy (non-hydrogen) atoms. The molecule has 6 heteroatoms. The third kappa shape index (κ3) is 11.8. The van der Waals surface area contributed by atoms with Crippen molar-refractivity contribution in [2.24, 2.45) is 10.8 Å². The van der Waals surface area contributed by atoms with E-state index in [0.717, 1.165) is 0 Å². The monoisotopic (exact) mass is 342 g/mol. The molecule has 0 bridgehead atoms. The van der Waals surface area contributed by atoms with E-state index >= 15 is 0 Å². The normalized spacial score (nSPS) is 12.0. The van der Waals surface area contributed by atoms with E-state index in [0.29, 0.717) is 12.8 Å². The Labute approximate surface area is 143 Å². The number of carboxylic acid groups (broad SMARTS) is 2. The van der Waals surface area contributed by atoms with Crippen molar-refractivity contribution in [3.63, 3.8) is 0 Å². The molecule has 0 unspecified atom stereocenters. The second kappa shape index (κ2) is 9.55. The van der Waals surface area contributed by atoms with Crippen LogP contribution in [0.1, 0.15) is 79.1 Å². The van der Waals surface area contributed by atoms with Crippen molar-refractivity contribution in [2.45, 2.75) is 79.1 Å². The standard InChI is InChI=1S/C18H30O6/c1-17(2,11-15(21)22)9-7-13(19)5-6-14(20)8-10-18(3,4)12-16(23)24/h5-12H2,1-4H3,(H,21,22)(H,23,24). The van der Waals surface area contributed by atoms with Crippen LogP contribution in [0.5, 0.6) is 0 Å². The molecule has 0 radical (unpaired) electrons. The molecule has 0 aromatic carbocycles. The first kappa shape index (κ1) is 22.3. The van der Waals surface area contributed by atoms with Gasteiger partial charge in [-0.15, -0.1) is 0 Å². The van der Waals surface area contributed by atoms with Gasteiger partial charge in [0, 0.05) is 25.7 Å². The molecule has 0 rings (SSSR count). The number of rotatable bonds is 13. The first-order valence-electron chi connectivity index (χ1n) is 8.30. The molecule has 0 amide bonds. The van der Waals surface area contributed by atoms with Crippen LogP contribution in [-0.2, 0) is 19.2 Å². The van der Waals surface area contributed by atoms with Crippen LogP contribution in [0.25, 0.3) is 0 Å². The van der Waals surface area contributed by atoms with Crippen molar-refractivity contribution in [2.75, 3.05) is 0 Å². The fourth-order valence-electron chi connectivity index (χ4n) is 2.48. The predicted molar refractivity (Wildman–Crippen MR) is 89.8 cm³/mol. The van der Waals surface area contributed by atoms with Crippen LogP contribution in [0.2, 0.25) is 0 Å². The van der Waals surface area contributed by atoms with Crippen molar-refractivity contribution in [3.8, 4) is 0 Å². The van der Waals surface area contributed by atoms with Gasteiger partial charge in [0.25, 0.3) is 0 Å². The third-order valence-electron chi connectivity index (χ3n) is 4.10. The van der Waals surface area contributed by atoms with E-state index in [4.69, 9.17) is 10.2 Å². The number of Topliss-reactive ketones (excluding diaryl/α,β-unsaturated/α-hetero) is 2. The molecular formula is C18H30O6. The summed E-state index contributed by atoms with van der Waals surface area (Å²) in [6, 6.07) is 0. The highest BCUT2D eigenvalue weighted by atomic mass is 16.4. The highest BCUT2D eigenvalue weighted by Gasteiger charge is 2.24. The molecular weight excluding hydrogens is 312 g/mol. The molecule has 0 aromatic rings. The molecule has 0 heterocycles. The Morgan fingerprint density at radius 1 is 0.625 bits per heavy atom. The van der Waals surface area contributed by atoms with Crippen LogP contribution in [0.4, 0.5) is 0 Å². The SMILES string of the molecule is CC(C)(CCC(=O)CCC(=O)CCC(C)(C)CC(=O)O)CC(=O)O. The van der Waals surface area contributed by atoms with Crippen LogP contribution in [0, 0.1) is 10.8 Å². The zero-order valence-electron chi connectivity index (χ0n) is 15.2. The van der Waals surface area contributed by atoms with Gasteiger partial charge in [0.2, 0.25) is 0 Å². The molecule has 6 nitrogen and oxygen atoms in total. The van der Waals surface area contributed by atoms with Crippen molar-refractivity contribution in [1.29, 1.82) is 0 Å². The summed E-state index contributed by atoms with van der Waals surface area (Å²) < 4.78 is 0. The number of hydrogen-bond acceptors (Lipinski definition) is 4. The Morgan fingerprint density at radius 2 is 0.917 bits per heavy atom. The van der Waals surface area contributed by atoms with Crippen molar-refractivity contribution in [3.05, 3.63) is 0 Å². The summed E-state index contributed by atoms with van der Waals surface area (Å²) in [6.07, 6.45) is 1.88. The van der Waals surface area contributed by atoms with Crippen LogP contribution < -0.4 is 0 Å². The van der Waals surface area contributed by atoms with Crippen molar-refractivity contribution < 1.29 is 29.4 Å². The quantitative estimate of drug-likeness (QED) is 0.530. The molecule has 0 aliphatic heterocycles.